The van der Waals surface area contributed by atoms with E-state index in [0.29, 0.717) is 0 Å². The van der Waals surface area contributed by atoms with Crippen LogP contribution < -0.4 is 4.43 Å². The fourth-order valence-corrected chi connectivity index (χ4v) is 1.78. The number of hydrogen-bond acceptors (Lipinski definition) is 2. The first-order valence-corrected chi connectivity index (χ1v) is 7.50. The zero-order valence-corrected chi connectivity index (χ0v) is 9.09. The third-order valence-corrected chi connectivity index (χ3v) is 2.21. The summed E-state index contributed by atoms with van der Waals surface area (Å²) in [7, 11) is -1.47. The first-order valence-electron chi connectivity index (χ1n) is 4.10. The standard InChI is InChI=1S/C9H15NOSi/c1-8-9(6-5-7-10-8)11-12(2,3)4/h5-7H,1-4H3. The molecule has 12 heavy (non-hydrogen) atoms. The molecule has 0 saturated heterocycles. The van der Waals surface area contributed by atoms with Crippen LogP contribution in [-0.2, 0) is 0 Å². The van der Waals surface area contributed by atoms with Crippen molar-refractivity contribution < 1.29 is 4.43 Å². The highest BCUT2D eigenvalue weighted by atomic mass is 28.4. The Bertz CT molecular complexity index is 267. The van der Waals surface area contributed by atoms with Crippen LogP contribution in [0.25, 0.3) is 0 Å². The maximum Gasteiger partial charge on any atom is 0.242 e. The highest BCUT2D eigenvalue weighted by molar-refractivity contribution is 6.70. The van der Waals surface area contributed by atoms with Crippen LogP contribution in [-0.4, -0.2) is 13.3 Å². The molecule has 66 valence electrons. The quantitative estimate of drug-likeness (QED) is 0.654. The summed E-state index contributed by atoms with van der Waals surface area (Å²) in [6.45, 7) is 8.47. The smallest absolute Gasteiger partial charge is 0.242 e. The van der Waals surface area contributed by atoms with Crippen LogP contribution in [0.1, 0.15) is 5.69 Å². The van der Waals surface area contributed by atoms with Gasteiger partial charge in [-0.3, -0.25) is 4.98 Å². The maximum atomic E-state index is 5.81. The molecule has 2 nitrogen and oxygen atoms in total. The average molecular weight is 181 g/mol. The summed E-state index contributed by atoms with van der Waals surface area (Å²) < 4.78 is 5.81. The van der Waals surface area contributed by atoms with Crippen molar-refractivity contribution in [2.24, 2.45) is 0 Å². The average Bonchev–Trinajstić information content (AvgIpc) is 1.91. The van der Waals surface area contributed by atoms with Crippen molar-refractivity contribution in [3.05, 3.63) is 24.0 Å². The van der Waals surface area contributed by atoms with Gasteiger partial charge < -0.3 is 4.43 Å². The summed E-state index contributed by atoms with van der Waals surface area (Å²) in [5.74, 6) is 0.927. The van der Waals surface area contributed by atoms with E-state index in [-0.39, 0.29) is 0 Å². The Morgan fingerprint density at radius 2 is 2.00 bits per heavy atom. The molecule has 0 spiro atoms. The minimum atomic E-state index is -1.47. The molecule has 0 aliphatic heterocycles. The molecule has 1 aromatic heterocycles. The van der Waals surface area contributed by atoms with E-state index in [0.717, 1.165) is 11.4 Å². The molecule has 0 saturated carbocycles. The lowest BCUT2D eigenvalue weighted by Crippen LogP contribution is -2.29. The minimum absolute atomic E-state index is 0.927. The third-order valence-electron chi connectivity index (χ3n) is 1.37. The predicted molar refractivity (Wildman–Crippen MR) is 52.9 cm³/mol. The third kappa shape index (κ3) is 2.66. The van der Waals surface area contributed by atoms with Crippen LogP contribution in [0.2, 0.25) is 19.6 Å². The first-order chi connectivity index (χ1) is 5.49. The van der Waals surface area contributed by atoms with Gasteiger partial charge in [-0.15, -0.1) is 0 Å². The monoisotopic (exact) mass is 181 g/mol. The van der Waals surface area contributed by atoms with Crippen molar-refractivity contribution in [2.75, 3.05) is 0 Å². The lowest BCUT2D eigenvalue weighted by atomic mass is 10.3. The molecule has 0 aliphatic rings. The molecule has 0 amide bonds. The molecule has 0 N–H and O–H groups in total. The Balaban J connectivity index is 2.83. The molecule has 0 radical (unpaired) electrons. The summed E-state index contributed by atoms with van der Waals surface area (Å²) in [6, 6.07) is 3.88. The second kappa shape index (κ2) is 3.27. The van der Waals surface area contributed by atoms with E-state index >= 15 is 0 Å². The molecular weight excluding hydrogens is 166 g/mol. The fraction of sp³-hybridized carbons (Fsp3) is 0.444. The molecule has 1 aromatic rings. The van der Waals surface area contributed by atoms with Gasteiger partial charge in [-0.25, -0.2) is 0 Å². The topological polar surface area (TPSA) is 22.1 Å². The van der Waals surface area contributed by atoms with Crippen molar-refractivity contribution in [1.82, 2.24) is 4.98 Å². The largest absolute Gasteiger partial charge is 0.543 e. The van der Waals surface area contributed by atoms with E-state index in [2.05, 4.69) is 24.6 Å². The molecule has 0 aliphatic carbocycles. The molecule has 0 unspecified atom stereocenters. The van der Waals surface area contributed by atoms with Gasteiger partial charge in [-0.05, 0) is 38.7 Å². The van der Waals surface area contributed by atoms with E-state index in [1.54, 1.807) is 6.20 Å². The molecule has 1 heterocycles. The number of pyridine rings is 1. The highest BCUT2D eigenvalue weighted by Crippen LogP contribution is 2.18. The van der Waals surface area contributed by atoms with E-state index in [1.165, 1.54) is 0 Å². The van der Waals surface area contributed by atoms with Crippen LogP contribution in [0.15, 0.2) is 18.3 Å². The highest BCUT2D eigenvalue weighted by Gasteiger charge is 2.17. The summed E-state index contributed by atoms with van der Waals surface area (Å²) in [4.78, 5) is 4.16. The Morgan fingerprint density at radius 3 is 2.50 bits per heavy atom. The Kier molecular flexibility index (Phi) is 2.52. The molecule has 0 fully saturated rings. The lowest BCUT2D eigenvalue weighted by molar-refractivity contribution is 0.549. The summed E-state index contributed by atoms with van der Waals surface area (Å²) >= 11 is 0. The molecule has 0 atom stereocenters. The van der Waals surface area contributed by atoms with E-state index in [1.807, 2.05) is 19.1 Å². The number of hydrogen-bond donors (Lipinski definition) is 0. The molecule has 0 aromatic carbocycles. The lowest BCUT2D eigenvalue weighted by Gasteiger charge is -2.19. The van der Waals surface area contributed by atoms with Crippen LogP contribution in [0.5, 0.6) is 5.75 Å². The zero-order valence-electron chi connectivity index (χ0n) is 8.09. The van der Waals surface area contributed by atoms with Crippen molar-refractivity contribution in [2.45, 2.75) is 26.6 Å². The fourth-order valence-electron chi connectivity index (χ4n) is 0.907. The van der Waals surface area contributed by atoms with Gasteiger partial charge in [0, 0.05) is 6.20 Å². The van der Waals surface area contributed by atoms with Crippen LogP contribution in [0.3, 0.4) is 0 Å². The Hall–Kier alpha value is -0.833. The predicted octanol–water partition coefficient (Wildman–Crippen LogP) is 2.60. The van der Waals surface area contributed by atoms with Gasteiger partial charge >= 0.3 is 0 Å². The molecular formula is C9H15NOSi. The van der Waals surface area contributed by atoms with Gasteiger partial charge in [-0.2, -0.15) is 0 Å². The molecule has 3 heteroatoms. The second-order valence-corrected chi connectivity index (χ2v) is 8.23. The van der Waals surface area contributed by atoms with Crippen LogP contribution in [0.4, 0.5) is 0 Å². The number of rotatable bonds is 2. The van der Waals surface area contributed by atoms with Gasteiger partial charge in [0.25, 0.3) is 0 Å². The minimum Gasteiger partial charge on any atom is -0.543 e. The van der Waals surface area contributed by atoms with Gasteiger partial charge in [-0.1, -0.05) is 0 Å². The Labute approximate surface area is 74.7 Å². The van der Waals surface area contributed by atoms with E-state index in [9.17, 15) is 0 Å². The first kappa shape index (κ1) is 9.26. The maximum absolute atomic E-state index is 5.81. The van der Waals surface area contributed by atoms with Gasteiger partial charge in [0.15, 0.2) is 0 Å². The number of aryl methyl sites for hydroxylation is 1. The molecule has 1 rings (SSSR count). The number of aromatic nitrogens is 1. The normalized spacial score (nSPS) is 11.3. The summed E-state index contributed by atoms with van der Waals surface area (Å²) in [6.07, 6.45) is 1.78. The van der Waals surface area contributed by atoms with Crippen molar-refractivity contribution in [3.8, 4) is 5.75 Å². The second-order valence-electron chi connectivity index (χ2n) is 3.80. The van der Waals surface area contributed by atoms with Crippen molar-refractivity contribution in [3.63, 3.8) is 0 Å². The molecule has 0 bridgehead atoms. The zero-order chi connectivity index (χ0) is 9.19. The van der Waals surface area contributed by atoms with Crippen molar-refractivity contribution >= 4 is 8.32 Å². The van der Waals surface area contributed by atoms with Gasteiger partial charge in [0.05, 0.1) is 5.69 Å². The van der Waals surface area contributed by atoms with E-state index < -0.39 is 8.32 Å². The summed E-state index contributed by atoms with van der Waals surface area (Å²) in [5, 5.41) is 0. The van der Waals surface area contributed by atoms with E-state index in [4.69, 9.17) is 4.43 Å². The summed E-state index contributed by atoms with van der Waals surface area (Å²) in [5.41, 5.74) is 0.972. The SMILES string of the molecule is Cc1ncccc1O[Si](C)(C)C. The Morgan fingerprint density at radius 1 is 1.33 bits per heavy atom. The van der Waals surface area contributed by atoms with Crippen LogP contribution in [0, 0.1) is 6.92 Å². The van der Waals surface area contributed by atoms with Crippen molar-refractivity contribution in [1.29, 1.82) is 0 Å². The van der Waals surface area contributed by atoms with Gasteiger partial charge in [0.1, 0.15) is 5.75 Å². The van der Waals surface area contributed by atoms with Crippen LogP contribution >= 0.6 is 0 Å². The van der Waals surface area contributed by atoms with Gasteiger partial charge in [0.2, 0.25) is 8.32 Å². The number of nitrogens with zero attached hydrogens (tertiary/aromatic N) is 1.